The highest BCUT2D eigenvalue weighted by Gasteiger charge is 2.45. The van der Waals surface area contributed by atoms with Crippen molar-refractivity contribution in [3.05, 3.63) is 95.0 Å². The van der Waals surface area contributed by atoms with Gasteiger partial charge in [0.15, 0.2) is 5.78 Å². The Hall–Kier alpha value is -4.12. The molecule has 3 aromatic rings. The van der Waals surface area contributed by atoms with Gasteiger partial charge in [0, 0.05) is 36.2 Å². The Kier molecular flexibility index (Phi) is 10.7. The number of Topliss-reactive ketones (excluding diaryl/α,β-unsaturated/α-hetero) is 2. The molecule has 0 radical (unpaired) electrons. The van der Waals surface area contributed by atoms with Crippen molar-refractivity contribution < 1.29 is 32.3 Å². The van der Waals surface area contributed by atoms with Gasteiger partial charge in [0.25, 0.3) is 5.91 Å². The summed E-state index contributed by atoms with van der Waals surface area (Å²) in [5.41, 5.74) is 0.836. The first-order valence-electron chi connectivity index (χ1n) is 12.7. The van der Waals surface area contributed by atoms with Gasteiger partial charge < -0.3 is 10.6 Å². The Balaban J connectivity index is 1.92. The highest BCUT2D eigenvalue weighted by molar-refractivity contribution is 6.30. The summed E-state index contributed by atoms with van der Waals surface area (Å²) in [7, 11) is 0. The minimum atomic E-state index is -5.12. The number of nitrogens with one attached hydrogen (secondary N) is 2. The van der Waals surface area contributed by atoms with Gasteiger partial charge in [-0.1, -0.05) is 67.9 Å². The van der Waals surface area contributed by atoms with Gasteiger partial charge in [0.2, 0.25) is 11.7 Å². The van der Waals surface area contributed by atoms with Crippen LogP contribution in [0.4, 0.5) is 13.2 Å². The van der Waals surface area contributed by atoms with E-state index in [4.69, 9.17) is 11.6 Å². The fraction of sp³-hybridized carbons (Fsp3) is 0.310. The van der Waals surface area contributed by atoms with Crippen LogP contribution in [0.25, 0.3) is 0 Å². The monoisotopic (exact) mass is 588 g/mol. The number of amides is 2. The van der Waals surface area contributed by atoms with Crippen LogP contribution >= 0.6 is 11.6 Å². The van der Waals surface area contributed by atoms with Crippen LogP contribution in [0, 0.1) is 11.8 Å². The third-order valence-electron chi connectivity index (χ3n) is 6.33. The first-order chi connectivity index (χ1) is 19.4. The molecule has 41 heavy (non-hydrogen) atoms. The summed E-state index contributed by atoms with van der Waals surface area (Å²) in [6.45, 7) is 2.83. The lowest BCUT2D eigenvalue weighted by molar-refractivity contribution is -0.177. The van der Waals surface area contributed by atoms with Crippen LogP contribution in [0.5, 0.6) is 0 Å². The minimum Gasteiger partial charge on any atom is -0.340 e. The van der Waals surface area contributed by atoms with E-state index in [0.717, 1.165) is 0 Å². The van der Waals surface area contributed by atoms with Gasteiger partial charge in [0.05, 0.1) is 6.20 Å². The molecule has 8 nitrogen and oxygen atoms in total. The lowest BCUT2D eigenvalue weighted by atomic mass is 9.84. The van der Waals surface area contributed by atoms with Crippen LogP contribution in [0.1, 0.15) is 47.9 Å². The molecule has 2 amide bonds. The average molecular weight is 589 g/mol. The van der Waals surface area contributed by atoms with E-state index in [1.165, 1.54) is 44.6 Å². The van der Waals surface area contributed by atoms with Gasteiger partial charge in [-0.15, -0.1) is 0 Å². The summed E-state index contributed by atoms with van der Waals surface area (Å²) in [6, 6.07) is 11.9. The third-order valence-corrected chi connectivity index (χ3v) is 6.57. The van der Waals surface area contributed by atoms with Crippen molar-refractivity contribution in [3.63, 3.8) is 0 Å². The summed E-state index contributed by atoms with van der Waals surface area (Å²) in [5.74, 6) is -6.71. The number of carbonyl (C=O) groups is 4. The lowest BCUT2D eigenvalue weighted by Gasteiger charge is -2.26. The smallest absolute Gasteiger partial charge is 0.340 e. The Morgan fingerprint density at radius 1 is 0.951 bits per heavy atom. The normalized spacial score (nSPS) is 13.6. The Bertz CT molecular complexity index is 1370. The van der Waals surface area contributed by atoms with Crippen LogP contribution in [0.2, 0.25) is 5.02 Å². The maximum atomic E-state index is 13.6. The summed E-state index contributed by atoms with van der Waals surface area (Å²) in [6.07, 6.45) is -2.01. The number of hydrogen-bond acceptors (Lipinski definition) is 6. The molecule has 2 aromatic carbocycles. The first kappa shape index (κ1) is 31.4. The van der Waals surface area contributed by atoms with Crippen molar-refractivity contribution in [1.82, 2.24) is 20.6 Å². The molecule has 1 heterocycles. The van der Waals surface area contributed by atoms with E-state index in [9.17, 15) is 32.3 Å². The van der Waals surface area contributed by atoms with Crippen molar-refractivity contribution in [2.45, 2.75) is 44.9 Å². The molecule has 0 aliphatic rings. The number of nitrogens with zero attached hydrogens (tertiary/aromatic N) is 2. The second-order valence-corrected chi connectivity index (χ2v) is 10.1. The number of hydrogen-bond donors (Lipinski definition) is 2. The zero-order valence-electron chi connectivity index (χ0n) is 22.2. The number of alkyl halides is 3. The molecule has 0 fully saturated rings. The van der Waals surface area contributed by atoms with E-state index in [1.807, 2.05) is 0 Å². The summed E-state index contributed by atoms with van der Waals surface area (Å²) in [5, 5.41) is 5.56. The molecular weight excluding hydrogens is 561 g/mol. The highest BCUT2D eigenvalue weighted by atomic mass is 35.5. The Labute approximate surface area is 239 Å². The van der Waals surface area contributed by atoms with Crippen LogP contribution in [-0.2, 0) is 20.8 Å². The van der Waals surface area contributed by atoms with Gasteiger partial charge in [-0.2, -0.15) is 13.2 Å². The van der Waals surface area contributed by atoms with Gasteiger partial charge in [-0.05, 0) is 29.2 Å². The molecule has 0 spiro atoms. The van der Waals surface area contributed by atoms with Crippen LogP contribution in [0.3, 0.4) is 0 Å². The van der Waals surface area contributed by atoms with E-state index in [2.05, 4.69) is 20.6 Å². The molecule has 0 saturated heterocycles. The molecule has 0 unspecified atom stereocenters. The number of aromatic nitrogens is 2. The molecule has 0 saturated carbocycles. The molecule has 0 aliphatic carbocycles. The lowest BCUT2D eigenvalue weighted by Crippen LogP contribution is -2.50. The predicted octanol–water partition coefficient (Wildman–Crippen LogP) is 4.69. The average Bonchev–Trinajstić information content (AvgIpc) is 2.94. The van der Waals surface area contributed by atoms with Crippen molar-refractivity contribution in [1.29, 1.82) is 0 Å². The maximum absolute atomic E-state index is 13.6. The first-order valence-corrected chi connectivity index (χ1v) is 13.0. The second-order valence-electron chi connectivity index (χ2n) is 9.69. The molecular formula is C29H28ClF3N4O4. The van der Waals surface area contributed by atoms with Crippen molar-refractivity contribution >= 4 is 35.0 Å². The predicted molar refractivity (Wildman–Crippen MR) is 145 cm³/mol. The SMILES string of the molecule is CC(C)[C@H](CC(=O)[C@@H](NC(=O)[C@H](Cc1cccc(Cl)c1)NC(=O)c1cnccn1)c1ccccc1)C(=O)C(F)(F)F. The zero-order chi connectivity index (χ0) is 30.2. The standard InChI is InChI=1S/C29H28ClF3N4O4/c1-17(2)21(26(39)29(31,32)33)15-24(38)25(19-8-4-3-5-9-19)37-27(40)22(14-18-7-6-10-20(30)13-18)36-28(41)23-16-34-11-12-35-23/h3-13,16-17,21-22,25H,14-15H2,1-2H3,(H,36,41)(H,37,40)/t21-,22-,25-/m0/s1. The molecule has 12 heteroatoms. The summed E-state index contributed by atoms with van der Waals surface area (Å²) in [4.78, 5) is 59.8. The van der Waals surface area contributed by atoms with Crippen LogP contribution < -0.4 is 10.6 Å². The van der Waals surface area contributed by atoms with E-state index in [-0.39, 0.29) is 12.1 Å². The van der Waals surface area contributed by atoms with Gasteiger partial charge in [-0.3, -0.25) is 24.2 Å². The molecule has 216 valence electrons. The zero-order valence-corrected chi connectivity index (χ0v) is 22.9. The molecule has 2 N–H and O–H groups in total. The van der Waals surface area contributed by atoms with Gasteiger partial charge in [-0.25, -0.2) is 4.98 Å². The molecule has 3 rings (SSSR count). The quantitative estimate of drug-likeness (QED) is 0.317. The molecule has 0 aliphatic heterocycles. The molecule has 3 atom stereocenters. The van der Waals surface area contributed by atoms with Crippen molar-refractivity contribution in [2.75, 3.05) is 0 Å². The number of benzene rings is 2. The Morgan fingerprint density at radius 2 is 1.66 bits per heavy atom. The van der Waals surface area contributed by atoms with Crippen molar-refractivity contribution in [3.8, 4) is 0 Å². The van der Waals surface area contributed by atoms with E-state index in [1.54, 1.807) is 42.5 Å². The van der Waals surface area contributed by atoms with Gasteiger partial charge in [0.1, 0.15) is 17.8 Å². The third kappa shape index (κ3) is 8.94. The molecule has 1 aromatic heterocycles. The fourth-order valence-corrected chi connectivity index (χ4v) is 4.38. The van der Waals surface area contributed by atoms with Crippen LogP contribution in [0.15, 0.2) is 73.2 Å². The maximum Gasteiger partial charge on any atom is 0.450 e. The van der Waals surface area contributed by atoms with Crippen molar-refractivity contribution in [2.24, 2.45) is 11.8 Å². The molecule has 0 bridgehead atoms. The topological polar surface area (TPSA) is 118 Å². The number of halogens is 4. The highest BCUT2D eigenvalue weighted by Crippen LogP contribution is 2.30. The summed E-state index contributed by atoms with van der Waals surface area (Å²) >= 11 is 6.09. The number of rotatable bonds is 12. The fourth-order valence-electron chi connectivity index (χ4n) is 4.17. The number of ketones is 2. The Morgan fingerprint density at radius 3 is 2.24 bits per heavy atom. The second kappa shape index (κ2) is 14.0. The number of carbonyl (C=O) groups excluding carboxylic acids is 4. The van der Waals surface area contributed by atoms with E-state index in [0.29, 0.717) is 16.1 Å². The van der Waals surface area contributed by atoms with Gasteiger partial charge >= 0.3 is 6.18 Å². The van der Waals surface area contributed by atoms with Crippen LogP contribution in [-0.4, -0.2) is 45.6 Å². The summed E-state index contributed by atoms with van der Waals surface area (Å²) < 4.78 is 39.8. The van der Waals surface area contributed by atoms with E-state index < -0.39 is 59.9 Å². The van der Waals surface area contributed by atoms with E-state index >= 15 is 0 Å². The minimum absolute atomic E-state index is 0.0325. The largest absolute Gasteiger partial charge is 0.450 e.